The number of ether oxygens (including phenoxy) is 2. The van der Waals surface area contributed by atoms with Crippen molar-refractivity contribution in [1.29, 1.82) is 0 Å². The Kier molecular flexibility index (Phi) is 6.61. The first kappa shape index (κ1) is 20.5. The predicted octanol–water partition coefficient (Wildman–Crippen LogP) is 3.27. The SMILES string of the molecule is CCNC(=O)COc1ccc(CNC(=O)c2cc3cc(Cl)ccc3[nH]2)cc1OC. The van der Waals surface area contributed by atoms with E-state index >= 15 is 0 Å². The van der Waals surface area contributed by atoms with Gasteiger partial charge in [-0.25, -0.2) is 0 Å². The molecule has 0 atom stereocenters. The molecule has 0 aliphatic carbocycles. The Bertz CT molecular complexity index is 1030. The van der Waals surface area contributed by atoms with Gasteiger partial charge in [-0.1, -0.05) is 17.7 Å². The Balaban J connectivity index is 1.63. The smallest absolute Gasteiger partial charge is 0.267 e. The van der Waals surface area contributed by atoms with Crippen LogP contribution in [0.25, 0.3) is 10.9 Å². The number of rotatable bonds is 8. The van der Waals surface area contributed by atoms with E-state index in [4.69, 9.17) is 21.1 Å². The molecule has 0 aliphatic heterocycles. The fraction of sp³-hybridized carbons (Fsp3) is 0.238. The van der Waals surface area contributed by atoms with Crippen molar-refractivity contribution in [2.75, 3.05) is 20.3 Å². The number of aromatic nitrogens is 1. The van der Waals surface area contributed by atoms with Crippen LogP contribution in [0.5, 0.6) is 11.5 Å². The zero-order valence-electron chi connectivity index (χ0n) is 16.2. The van der Waals surface area contributed by atoms with E-state index in [1.807, 2.05) is 13.0 Å². The van der Waals surface area contributed by atoms with Crippen molar-refractivity contribution in [3.05, 3.63) is 58.7 Å². The number of nitrogens with one attached hydrogen (secondary N) is 3. The molecule has 3 aromatic rings. The lowest BCUT2D eigenvalue weighted by Gasteiger charge is -2.12. The lowest BCUT2D eigenvalue weighted by molar-refractivity contribution is -0.123. The summed E-state index contributed by atoms with van der Waals surface area (Å²) in [5.41, 5.74) is 2.13. The number of amides is 2. The third kappa shape index (κ3) is 5.20. The van der Waals surface area contributed by atoms with Crippen LogP contribution < -0.4 is 20.1 Å². The maximum atomic E-state index is 12.5. The van der Waals surface area contributed by atoms with Crippen molar-refractivity contribution in [3.8, 4) is 11.5 Å². The number of carbonyl (C=O) groups is 2. The lowest BCUT2D eigenvalue weighted by atomic mass is 10.2. The van der Waals surface area contributed by atoms with Gasteiger partial charge in [0.15, 0.2) is 18.1 Å². The van der Waals surface area contributed by atoms with Crippen molar-refractivity contribution in [3.63, 3.8) is 0 Å². The second kappa shape index (κ2) is 9.34. The molecule has 0 spiro atoms. The highest BCUT2D eigenvalue weighted by molar-refractivity contribution is 6.31. The van der Waals surface area contributed by atoms with Gasteiger partial charge in [0.05, 0.1) is 7.11 Å². The van der Waals surface area contributed by atoms with Crippen LogP contribution in [0.15, 0.2) is 42.5 Å². The maximum absolute atomic E-state index is 12.5. The van der Waals surface area contributed by atoms with Gasteiger partial charge in [0, 0.05) is 29.0 Å². The molecule has 1 aromatic heterocycles. The average Bonchev–Trinajstić information content (AvgIpc) is 3.14. The number of carbonyl (C=O) groups excluding carboxylic acids is 2. The van der Waals surface area contributed by atoms with Crippen molar-refractivity contribution < 1.29 is 19.1 Å². The highest BCUT2D eigenvalue weighted by atomic mass is 35.5. The fourth-order valence-corrected chi connectivity index (χ4v) is 3.02. The minimum Gasteiger partial charge on any atom is -0.493 e. The second-order valence-corrected chi connectivity index (χ2v) is 6.76. The Labute approximate surface area is 173 Å². The van der Waals surface area contributed by atoms with E-state index < -0.39 is 0 Å². The van der Waals surface area contributed by atoms with Crippen LogP contribution in [0.4, 0.5) is 0 Å². The zero-order valence-corrected chi connectivity index (χ0v) is 16.9. The highest BCUT2D eigenvalue weighted by Gasteiger charge is 2.12. The molecule has 1 heterocycles. The maximum Gasteiger partial charge on any atom is 0.267 e. The summed E-state index contributed by atoms with van der Waals surface area (Å²) in [4.78, 5) is 27.1. The summed E-state index contributed by atoms with van der Waals surface area (Å²) in [6.07, 6.45) is 0. The number of hydrogen-bond donors (Lipinski definition) is 3. The van der Waals surface area contributed by atoms with Crippen molar-refractivity contribution >= 4 is 34.3 Å². The highest BCUT2D eigenvalue weighted by Crippen LogP contribution is 2.28. The summed E-state index contributed by atoms with van der Waals surface area (Å²) < 4.78 is 10.8. The Morgan fingerprint density at radius 1 is 1.07 bits per heavy atom. The number of methoxy groups -OCH3 is 1. The number of fused-ring (bicyclic) bond motifs is 1. The molecule has 0 unspecified atom stereocenters. The third-order valence-corrected chi connectivity index (χ3v) is 4.48. The van der Waals surface area contributed by atoms with Crippen LogP contribution in [-0.4, -0.2) is 37.1 Å². The molecule has 0 aliphatic rings. The van der Waals surface area contributed by atoms with Crippen LogP contribution in [0, 0.1) is 0 Å². The molecule has 8 heteroatoms. The molecular weight excluding hydrogens is 394 g/mol. The van der Waals surface area contributed by atoms with E-state index in [9.17, 15) is 9.59 Å². The van der Waals surface area contributed by atoms with Crippen molar-refractivity contribution in [2.45, 2.75) is 13.5 Å². The van der Waals surface area contributed by atoms with E-state index in [1.165, 1.54) is 7.11 Å². The molecule has 29 heavy (non-hydrogen) atoms. The monoisotopic (exact) mass is 415 g/mol. The number of halogens is 1. The lowest BCUT2D eigenvalue weighted by Crippen LogP contribution is -2.28. The fourth-order valence-electron chi connectivity index (χ4n) is 2.84. The van der Waals surface area contributed by atoms with Crippen LogP contribution >= 0.6 is 11.6 Å². The first-order valence-electron chi connectivity index (χ1n) is 9.13. The predicted molar refractivity (Wildman–Crippen MR) is 112 cm³/mol. The van der Waals surface area contributed by atoms with E-state index in [0.717, 1.165) is 16.5 Å². The van der Waals surface area contributed by atoms with Gasteiger partial charge in [0.25, 0.3) is 11.8 Å². The molecule has 152 valence electrons. The largest absolute Gasteiger partial charge is 0.493 e. The number of benzene rings is 2. The second-order valence-electron chi connectivity index (χ2n) is 6.32. The summed E-state index contributed by atoms with van der Waals surface area (Å²) in [6, 6.07) is 12.4. The molecule has 2 amide bonds. The molecule has 0 fully saturated rings. The van der Waals surface area contributed by atoms with E-state index in [-0.39, 0.29) is 18.4 Å². The number of likely N-dealkylation sites (N-methyl/N-ethyl adjacent to an activating group) is 1. The van der Waals surface area contributed by atoms with Gasteiger partial charge in [-0.05, 0) is 48.9 Å². The topological polar surface area (TPSA) is 92.5 Å². The number of H-pyrrole nitrogens is 1. The van der Waals surface area contributed by atoms with Crippen LogP contribution in [-0.2, 0) is 11.3 Å². The Hall–Kier alpha value is -3.19. The molecule has 3 rings (SSSR count). The first-order valence-corrected chi connectivity index (χ1v) is 9.51. The third-order valence-electron chi connectivity index (χ3n) is 4.24. The number of aromatic amines is 1. The van der Waals surface area contributed by atoms with Crippen molar-refractivity contribution in [2.24, 2.45) is 0 Å². The van der Waals surface area contributed by atoms with E-state index in [2.05, 4.69) is 15.6 Å². The van der Waals surface area contributed by atoms with Crippen molar-refractivity contribution in [1.82, 2.24) is 15.6 Å². The van der Waals surface area contributed by atoms with Crippen LogP contribution in [0.2, 0.25) is 5.02 Å². The quantitative estimate of drug-likeness (QED) is 0.526. The molecular formula is C21H22ClN3O4. The van der Waals surface area contributed by atoms with Crippen LogP contribution in [0.3, 0.4) is 0 Å². The average molecular weight is 416 g/mol. The zero-order chi connectivity index (χ0) is 20.8. The molecule has 0 bridgehead atoms. The summed E-state index contributed by atoms with van der Waals surface area (Å²) in [7, 11) is 1.52. The minimum atomic E-state index is -0.229. The standard InChI is InChI=1S/C21H22ClN3O4/c1-3-23-20(26)12-29-18-7-4-13(8-19(18)28-2)11-24-21(27)17-10-14-9-15(22)5-6-16(14)25-17/h4-10,25H,3,11-12H2,1-2H3,(H,23,26)(H,24,27). The molecule has 7 nitrogen and oxygen atoms in total. The van der Waals surface area contributed by atoms with E-state index in [1.54, 1.807) is 36.4 Å². The Morgan fingerprint density at radius 2 is 1.90 bits per heavy atom. The Morgan fingerprint density at radius 3 is 2.66 bits per heavy atom. The summed E-state index contributed by atoms with van der Waals surface area (Å²) in [5.74, 6) is 0.515. The van der Waals surface area contributed by atoms with Gasteiger partial charge in [-0.2, -0.15) is 0 Å². The number of hydrogen-bond acceptors (Lipinski definition) is 4. The molecule has 3 N–H and O–H groups in total. The summed E-state index contributed by atoms with van der Waals surface area (Å²) >= 11 is 5.99. The summed E-state index contributed by atoms with van der Waals surface area (Å²) in [5, 5.41) is 7.02. The van der Waals surface area contributed by atoms with E-state index in [0.29, 0.717) is 35.3 Å². The van der Waals surface area contributed by atoms with Gasteiger partial charge < -0.3 is 25.1 Å². The molecule has 0 saturated heterocycles. The van der Waals surface area contributed by atoms with Gasteiger partial charge in [0.2, 0.25) is 0 Å². The molecule has 0 radical (unpaired) electrons. The van der Waals surface area contributed by atoms with Gasteiger partial charge >= 0.3 is 0 Å². The minimum absolute atomic E-state index is 0.0926. The summed E-state index contributed by atoms with van der Waals surface area (Å²) in [6.45, 7) is 2.60. The normalized spacial score (nSPS) is 10.6. The van der Waals surface area contributed by atoms with Crippen LogP contribution in [0.1, 0.15) is 23.0 Å². The van der Waals surface area contributed by atoms with Gasteiger partial charge in [-0.3, -0.25) is 9.59 Å². The first-order chi connectivity index (χ1) is 14.0. The molecule has 2 aromatic carbocycles. The van der Waals surface area contributed by atoms with Gasteiger partial charge in [-0.15, -0.1) is 0 Å². The van der Waals surface area contributed by atoms with Gasteiger partial charge in [0.1, 0.15) is 5.69 Å². The molecule has 0 saturated carbocycles.